The Bertz CT molecular complexity index is 355. The van der Waals surface area contributed by atoms with Crippen LogP contribution in [0.2, 0.25) is 0 Å². The van der Waals surface area contributed by atoms with Crippen LogP contribution in [0.1, 0.15) is 36.0 Å². The number of carbonyl (C=O) groups is 1. The SMILES string of the molecule is O=C(NCCCCCCO)c1ccncc1O. The third-order valence-electron chi connectivity index (χ3n) is 2.42. The summed E-state index contributed by atoms with van der Waals surface area (Å²) in [4.78, 5) is 15.3. The van der Waals surface area contributed by atoms with Crippen molar-refractivity contribution in [2.45, 2.75) is 25.7 Å². The third-order valence-corrected chi connectivity index (χ3v) is 2.42. The summed E-state index contributed by atoms with van der Waals surface area (Å²) in [6.07, 6.45) is 6.33. The molecule has 1 aromatic heterocycles. The maximum Gasteiger partial charge on any atom is 0.255 e. The minimum atomic E-state index is -0.285. The number of hydrogen-bond donors (Lipinski definition) is 3. The van der Waals surface area contributed by atoms with E-state index in [4.69, 9.17) is 5.11 Å². The molecule has 0 aliphatic carbocycles. The Morgan fingerprint density at radius 1 is 1.29 bits per heavy atom. The number of nitrogens with one attached hydrogen (secondary N) is 1. The zero-order valence-electron chi connectivity index (χ0n) is 9.72. The van der Waals surface area contributed by atoms with Crippen LogP contribution >= 0.6 is 0 Å². The van der Waals surface area contributed by atoms with Gasteiger partial charge in [0.15, 0.2) is 0 Å². The summed E-state index contributed by atoms with van der Waals surface area (Å²) in [6, 6.07) is 1.48. The van der Waals surface area contributed by atoms with E-state index in [0.29, 0.717) is 6.54 Å². The van der Waals surface area contributed by atoms with Crippen molar-refractivity contribution in [1.29, 1.82) is 0 Å². The molecule has 94 valence electrons. The summed E-state index contributed by atoms with van der Waals surface area (Å²) in [7, 11) is 0. The van der Waals surface area contributed by atoms with Crippen molar-refractivity contribution < 1.29 is 15.0 Å². The summed E-state index contributed by atoms with van der Waals surface area (Å²) in [5, 5.41) is 20.7. The number of unbranched alkanes of at least 4 members (excludes halogenated alkanes) is 3. The Morgan fingerprint density at radius 2 is 2.06 bits per heavy atom. The molecule has 0 aliphatic heterocycles. The summed E-state index contributed by atoms with van der Waals surface area (Å²) in [5.74, 6) is -0.391. The maximum atomic E-state index is 11.6. The molecule has 1 amide bonds. The van der Waals surface area contributed by atoms with Crippen LogP contribution in [-0.4, -0.2) is 34.3 Å². The van der Waals surface area contributed by atoms with Gasteiger partial charge in [0, 0.05) is 19.3 Å². The number of hydrogen-bond acceptors (Lipinski definition) is 4. The quantitative estimate of drug-likeness (QED) is 0.620. The Kier molecular flexibility index (Phi) is 6.03. The molecule has 0 atom stereocenters. The van der Waals surface area contributed by atoms with Crippen LogP contribution in [-0.2, 0) is 0 Å². The van der Waals surface area contributed by atoms with Crippen molar-refractivity contribution in [2.24, 2.45) is 0 Å². The van der Waals surface area contributed by atoms with E-state index in [9.17, 15) is 9.90 Å². The molecule has 5 heteroatoms. The second-order valence-electron chi connectivity index (χ2n) is 3.79. The molecule has 0 aliphatic rings. The Balaban J connectivity index is 2.24. The van der Waals surface area contributed by atoms with E-state index >= 15 is 0 Å². The van der Waals surface area contributed by atoms with Crippen LogP contribution in [0.25, 0.3) is 0 Å². The van der Waals surface area contributed by atoms with Crippen molar-refractivity contribution in [1.82, 2.24) is 10.3 Å². The summed E-state index contributed by atoms with van der Waals surface area (Å²) in [5.41, 5.74) is 0.246. The van der Waals surface area contributed by atoms with E-state index in [2.05, 4.69) is 10.3 Å². The zero-order chi connectivity index (χ0) is 12.5. The van der Waals surface area contributed by atoms with Crippen LogP contribution in [0.4, 0.5) is 0 Å². The number of carbonyl (C=O) groups excluding carboxylic acids is 1. The molecule has 0 saturated carbocycles. The molecule has 0 aromatic carbocycles. The van der Waals surface area contributed by atoms with E-state index in [1.807, 2.05) is 0 Å². The number of pyridine rings is 1. The number of amides is 1. The lowest BCUT2D eigenvalue weighted by Crippen LogP contribution is -2.24. The molecule has 0 bridgehead atoms. The standard InChI is InChI=1S/C12H18N2O3/c15-8-4-2-1-3-6-14-12(17)10-5-7-13-9-11(10)16/h5,7,9,15-16H,1-4,6,8H2,(H,14,17). The lowest BCUT2D eigenvalue weighted by Gasteiger charge is -2.06. The molecule has 17 heavy (non-hydrogen) atoms. The van der Waals surface area contributed by atoms with Gasteiger partial charge >= 0.3 is 0 Å². The fraction of sp³-hybridized carbons (Fsp3) is 0.500. The summed E-state index contributed by atoms with van der Waals surface area (Å²) in [6.45, 7) is 0.795. The predicted molar refractivity (Wildman–Crippen MR) is 63.8 cm³/mol. The Morgan fingerprint density at radius 3 is 2.76 bits per heavy atom. The van der Waals surface area contributed by atoms with Gasteiger partial charge in [0.25, 0.3) is 5.91 Å². The molecule has 1 heterocycles. The first-order chi connectivity index (χ1) is 8.25. The van der Waals surface area contributed by atoms with Gasteiger partial charge in [-0.3, -0.25) is 9.78 Å². The topological polar surface area (TPSA) is 82.5 Å². The van der Waals surface area contributed by atoms with Gasteiger partial charge in [-0.05, 0) is 18.9 Å². The van der Waals surface area contributed by atoms with E-state index in [1.165, 1.54) is 18.5 Å². The van der Waals surface area contributed by atoms with Crippen molar-refractivity contribution >= 4 is 5.91 Å². The molecule has 1 aromatic rings. The monoisotopic (exact) mass is 238 g/mol. The normalized spacial score (nSPS) is 10.2. The number of aromatic hydroxyl groups is 1. The van der Waals surface area contributed by atoms with Gasteiger partial charge < -0.3 is 15.5 Å². The lowest BCUT2D eigenvalue weighted by molar-refractivity contribution is 0.0950. The molecular weight excluding hydrogens is 220 g/mol. The van der Waals surface area contributed by atoms with Crippen molar-refractivity contribution in [2.75, 3.05) is 13.2 Å². The number of nitrogens with zero attached hydrogens (tertiary/aromatic N) is 1. The van der Waals surface area contributed by atoms with E-state index in [-0.39, 0.29) is 23.8 Å². The Labute approximate surface area is 101 Å². The van der Waals surface area contributed by atoms with Gasteiger partial charge in [-0.1, -0.05) is 12.8 Å². The number of aliphatic hydroxyl groups is 1. The van der Waals surface area contributed by atoms with Crippen molar-refractivity contribution in [3.05, 3.63) is 24.0 Å². The summed E-state index contributed by atoms with van der Waals surface area (Å²) >= 11 is 0. The minimum absolute atomic E-state index is 0.106. The highest BCUT2D eigenvalue weighted by molar-refractivity contribution is 5.96. The van der Waals surface area contributed by atoms with Crippen molar-refractivity contribution in [3.63, 3.8) is 0 Å². The zero-order valence-corrected chi connectivity index (χ0v) is 9.72. The van der Waals surface area contributed by atoms with Crippen molar-refractivity contribution in [3.8, 4) is 5.75 Å². The second kappa shape index (κ2) is 7.62. The highest BCUT2D eigenvalue weighted by atomic mass is 16.3. The second-order valence-corrected chi connectivity index (χ2v) is 3.79. The number of aromatic nitrogens is 1. The third kappa shape index (κ3) is 4.82. The fourth-order valence-corrected chi connectivity index (χ4v) is 1.47. The van der Waals surface area contributed by atoms with Gasteiger partial charge in [0.2, 0.25) is 0 Å². The molecule has 0 spiro atoms. The van der Waals surface area contributed by atoms with E-state index in [1.54, 1.807) is 0 Å². The molecule has 0 saturated heterocycles. The van der Waals surface area contributed by atoms with Crippen LogP contribution in [0.5, 0.6) is 5.75 Å². The molecule has 0 fully saturated rings. The van der Waals surface area contributed by atoms with E-state index < -0.39 is 0 Å². The van der Waals surface area contributed by atoms with Gasteiger partial charge in [-0.15, -0.1) is 0 Å². The molecule has 5 nitrogen and oxygen atoms in total. The van der Waals surface area contributed by atoms with Gasteiger partial charge in [0.1, 0.15) is 5.75 Å². The average Bonchev–Trinajstić information content (AvgIpc) is 2.34. The first-order valence-electron chi connectivity index (χ1n) is 5.77. The molecule has 0 radical (unpaired) electrons. The van der Waals surface area contributed by atoms with Crippen LogP contribution in [0.3, 0.4) is 0 Å². The maximum absolute atomic E-state index is 11.6. The number of rotatable bonds is 7. The first kappa shape index (κ1) is 13.4. The first-order valence-corrected chi connectivity index (χ1v) is 5.77. The average molecular weight is 238 g/mol. The fourth-order valence-electron chi connectivity index (χ4n) is 1.47. The smallest absolute Gasteiger partial charge is 0.255 e. The number of aliphatic hydroxyl groups excluding tert-OH is 1. The highest BCUT2D eigenvalue weighted by Crippen LogP contribution is 2.13. The largest absolute Gasteiger partial charge is 0.505 e. The van der Waals surface area contributed by atoms with Crippen LogP contribution in [0.15, 0.2) is 18.5 Å². The lowest BCUT2D eigenvalue weighted by atomic mass is 10.2. The van der Waals surface area contributed by atoms with Gasteiger partial charge in [-0.2, -0.15) is 0 Å². The predicted octanol–water partition coefficient (Wildman–Crippen LogP) is 1.07. The molecule has 3 N–H and O–H groups in total. The van der Waals surface area contributed by atoms with E-state index in [0.717, 1.165) is 25.7 Å². The molecule has 0 unspecified atom stereocenters. The molecular formula is C12H18N2O3. The van der Waals surface area contributed by atoms with Crippen LogP contribution < -0.4 is 5.32 Å². The van der Waals surface area contributed by atoms with Gasteiger partial charge in [-0.25, -0.2) is 0 Å². The van der Waals surface area contributed by atoms with Gasteiger partial charge in [0.05, 0.1) is 11.8 Å². The Hall–Kier alpha value is -1.62. The van der Waals surface area contributed by atoms with Crippen LogP contribution in [0, 0.1) is 0 Å². The minimum Gasteiger partial charge on any atom is -0.505 e. The highest BCUT2D eigenvalue weighted by Gasteiger charge is 2.09. The molecule has 1 rings (SSSR count). The summed E-state index contributed by atoms with van der Waals surface area (Å²) < 4.78 is 0.